The Morgan fingerprint density at radius 2 is 2.14 bits per heavy atom. The van der Waals surface area contributed by atoms with Gasteiger partial charge in [-0.1, -0.05) is 38.1 Å². The average Bonchev–Trinajstić information content (AvgIpc) is 2.95. The van der Waals surface area contributed by atoms with E-state index in [4.69, 9.17) is 0 Å². The predicted octanol–water partition coefficient (Wildman–Crippen LogP) is 3.56. The van der Waals surface area contributed by atoms with Crippen LogP contribution in [0.1, 0.15) is 37.2 Å². The van der Waals surface area contributed by atoms with Crippen molar-refractivity contribution in [2.45, 2.75) is 32.7 Å². The lowest BCUT2D eigenvalue weighted by Crippen LogP contribution is -2.34. The number of hydrogen-bond acceptors (Lipinski definition) is 3. The number of pyridine rings is 1. The highest BCUT2D eigenvalue weighted by Crippen LogP contribution is 2.33. The van der Waals surface area contributed by atoms with Crippen molar-refractivity contribution in [3.63, 3.8) is 0 Å². The summed E-state index contributed by atoms with van der Waals surface area (Å²) in [5.41, 5.74) is 0.123. The van der Waals surface area contributed by atoms with Crippen LogP contribution in [0.25, 0.3) is 10.8 Å². The Morgan fingerprint density at radius 3 is 2.86 bits per heavy atom. The van der Waals surface area contributed by atoms with Crippen LogP contribution < -0.4 is 4.90 Å². The molecule has 0 amide bonds. The minimum atomic E-state index is -0.970. The Balaban J connectivity index is 2.18. The Bertz CT molecular complexity index is 682. The molecule has 2 heterocycles. The van der Waals surface area contributed by atoms with Gasteiger partial charge in [-0.2, -0.15) is 0 Å². The fraction of sp³-hybridized carbons (Fsp3) is 0.412. The monoisotopic (exact) mass is 284 g/mol. The molecule has 3 rings (SSSR count). The number of fused-ring (bicyclic) bond motifs is 1. The van der Waals surface area contributed by atoms with Crippen LogP contribution in [0.15, 0.2) is 30.3 Å². The molecular formula is C17H20N2O2. The fourth-order valence-electron chi connectivity index (χ4n) is 3.26. The number of carbonyl (C=O) groups is 1. The first kappa shape index (κ1) is 13.9. The van der Waals surface area contributed by atoms with E-state index in [2.05, 4.69) is 23.7 Å². The Morgan fingerprint density at radius 1 is 1.38 bits per heavy atom. The van der Waals surface area contributed by atoms with Crippen molar-refractivity contribution in [3.8, 4) is 0 Å². The molecule has 0 saturated carbocycles. The minimum absolute atomic E-state index is 0.123. The van der Waals surface area contributed by atoms with Gasteiger partial charge in [0.25, 0.3) is 0 Å². The molecule has 110 valence electrons. The van der Waals surface area contributed by atoms with Gasteiger partial charge in [0.1, 0.15) is 5.82 Å². The smallest absolute Gasteiger partial charge is 0.354 e. The molecule has 4 heteroatoms. The zero-order valence-electron chi connectivity index (χ0n) is 12.4. The Kier molecular flexibility index (Phi) is 3.53. The molecule has 1 N–H and O–H groups in total. The fourth-order valence-corrected chi connectivity index (χ4v) is 3.26. The third kappa shape index (κ3) is 2.46. The van der Waals surface area contributed by atoms with E-state index in [0.29, 0.717) is 12.0 Å². The lowest BCUT2D eigenvalue weighted by Gasteiger charge is -2.29. The van der Waals surface area contributed by atoms with Crippen molar-refractivity contribution in [2.24, 2.45) is 5.92 Å². The van der Waals surface area contributed by atoms with Crippen molar-refractivity contribution >= 4 is 22.6 Å². The summed E-state index contributed by atoms with van der Waals surface area (Å²) in [6.07, 6.45) is 2.28. The molecule has 1 saturated heterocycles. The SMILES string of the molecule is CC(C)C1CCCN1c1nc(C(=O)O)cc2ccccc12. The number of hydrogen-bond donors (Lipinski definition) is 1. The highest BCUT2D eigenvalue weighted by molar-refractivity contribution is 5.98. The van der Waals surface area contributed by atoms with Crippen molar-refractivity contribution in [1.29, 1.82) is 0 Å². The Labute approximate surface area is 124 Å². The van der Waals surface area contributed by atoms with E-state index in [-0.39, 0.29) is 5.69 Å². The standard InChI is InChI=1S/C17H20N2O2/c1-11(2)15-8-5-9-19(15)16-13-7-4-3-6-12(13)10-14(18-16)17(20)21/h3-4,6-7,10-11,15H,5,8-9H2,1-2H3,(H,20,21). The van der Waals surface area contributed by atoms with E-state index in [0.717, 1.165) is 36.0 Å². The van der Waals surface area contributed by atoms with Crippen LogP contribution in [-0.4, -0.2) is 28.6 Å². The molecule has 1 unspecified atom stereocenters. The van der Waals surface area contributed by atoms with Crippen LogP contribution in [0.4, 0.5) is 5.82 Å². The van der Waals surface area contributed by atoms with Crippen molar-refractivity contribution in [3.05, 3.63) is 36.0 Å². The first-order chi connectivity index (χ1) is 10.1. The van der Waals surface area contributed by atoms with Gasteiger partial charge in [-0.05, 0) is 30.2 Å². The molecule has 1 aromatic heterocycles. The summed E-state index contributed by atoms with van der Waals surface area (Å²) in [4.78, 5) is 18.1. The van der Waals surface area contributed by atoms with Crippen molar-refractivity contribution in [1.82, 2.24) is 4.98 Å². The first-order valence-corrected chi connectivity index (χ1v) is 7.47. The van der Waals surface area contributed by atoms with Crippen LogP contribution in [0.2, 0.25) is 0 Å². The number of nitrogens with zero attached hydrogens (tertiary/aromatic N) is 2. The number of aromatic carboxylic acids is 1. The van der Waals surface area contributed by atoms with E-state index >= 15 is 0 Å². The molecule has 4 nitrogen and oxygen atoms in total. The third-order valence-electron chi connectivity index (χ3n) is 4.28. The molecule has 0 radical (unpaired) electrons. The highest BCUT2D eigenvalue weighted by atomic mass is 16.4. The summed E-state index contributed by atoms with van der Waals surface area (Å²) in [7, 11) is 0. The molecule has 1 aliphatic rings. The quantitative estimate of drug-likeness (QED) is 0.936. The van der Waals surface area contributed by atoms with Gasteiger partial charge in [0.2, 0.25) is 0 Å². The summed E-state index contributed by atoms with van der Waals surface area (Å²) in [5.74, 6) is 0.380. The Hall–Kier alpha value is -2.10. The van der Waals surface area contributed by atoms with Crippen molar-refractivity contribution in [2.75, 3.05) is 11.4 Å². The number of carboxylic acids is 1. The zero-order valence-corrected chi connectivity index (χ0v) is 12.4. The second-order valence-corrected chi connectivity index (χ2v) is 6.00. The van der Waals surface area contributed by atoms with Gasteiger partial charge in [0, 0.05) is 18.0 Å². The van der Waals surface area contributed by atoms with Crippen molar-refractivity contribution < 1.29 is 9.90 Å². The maximum Gasteiger partial charge on any atom is 0.354 e. The van der Waals surface area contributed by atoms with E-state index < -0.39 is 5.97 Å². The molecule has 2 aromatic rings. The van der Waals surface area contributed by atoms with Gasteiger partial charge >= 0.3 is 5.97 Å². The lowest BCUT2D eigenvalue weighted by molar-refractivity contribution is 0.0691. The number of rotatable bonds is 3. The summed E-state index contributed by atoms with van der Waals surface area (Å²) in [6, 6.07) is 9.98. The van der Waals surface area contributed by atoms with Gasteiger partial charge < -0.3 is 10.0 Å². The second-order valence-electron chi connectivity index (χ2n) is 6.00. The number of carboxylic acid groups (broad SMARTS) is 1. The van der Waals surface area contributed by atoms with Crippen LogP contribution in [0, 0.1) is 5.92 Å². The normalized spacial score (nSPS) is 18.6. The van der Waals surface area contributed by atoms with Crippen LogP contribution >= 0.6 is 0 Å². The van der Waals surface area contributed by atoms with E-state index in [1.165, 1.54) is 0 Å². The van der Waals surface area contributed by atoms with E-state index in [1.54, 1.807) is 6.07 Å². The van der Waals surface area contributed by atoms with Crippen LogP contribution in [0.5, 0.6) is 0 Å². The predicted molar refractivity (Wildman–Crippen MR) is 83.9 cm³/mol. The third-order valence-corrected chi connectivity index (χ3v) is 4.28. The number of aromatic nitrogens is 1. The van der Waals surface area contributed by atoms with E-state index in [1.807, 2.05) is 24.3 Å². The molecule has 0 spiro atoms. The topological polar surface area (TPSA) is 53.4 Å². The van der Waals surface area contributed by atoms with Crippen LogP contribution in [0.3, 0.4) is 0 Å². The summed E-state index contributed by atoms with van der Waals surface area (Å²) in [5, 5.41) is 11.3. The average molecular weight is 284 g/mol. The summed E-state index contributed by atoms with van der Waals surface area (Å²) >= 11 is 0. The second kappa shape index (κ2) is 5.35. The number of benzene rings is 1. The van der Waals surface area contributed by atoms with Gasteiger partial charge in [-0.3, -0.25) is 0 Å². The highest BCUT2D eigenvalue weighted by Gasteiger charge is 2.29. The van der Waals surface area contributed by atoms with Gasteiger partial charge in [0.15, 0.2) is 5.69 Å². The summed E-state index contributed by atoms with van der Waals surface area (Å²) < 4.78 is 0. The summed E-state index contributed by atoms with van der Waals surface area (Å²) in [6.45, 7) is 5.38. The molecule has 1 atom stereocenters. The van der Waals surface area contributed by atoms with Gasteiger partial charge in [-0.25, -0.2) is 9.78 Å². The zero-order chi connectivity index (χ0) is 15.0. The largest absolute Gasteiger partial charge is 0.477 e. The molecule has 1 aliphatic heterocycles. The molecule has 1 fully saturated rings. The maximum absolute atomic E-state index is 11.3. The molecule has 0 bridgehead atoms. The maximum atomic E-state index is 11.3. The van der Waals surface area contributed by atoms with Gasteiger partial charge in [-0.15, -0.1) is 0 Å². The van der Waals surface area contributed by atoms with Crippen LogP contribution in [-0.2, 0) is 0 Å². The molecule has 0 aliphatic carbocycles. The minimum Gasteiger partial charge on any atom is -0.477 e. The first-order valence-electron chi connectivity index (χ1n) is 7.47. The molecular weight excluding hydrogens is 264 g/mol. The molecule has 21 heavy (non-hydrogen) atoms. The number of anilines is 1. The molecule has 1 aromatic carbocycles. The lowest BCUT2D eigenvalue weighted by atomic mass is 10.0. The van der Waals surface area contributed by atoms with Gasteiger partial charge in [0.05, 0.1) is 0 Å². The van der Waals surface area contributed by atoms with E-state index in [9.17, 15) is 9.90 Å².